The van der Waals surface area contributed by atoms with Gasteiger partial charge in [0.1, 0.15) is 0 Å². The highest BCUT2D eigenvalue weighted by Gasteiger charge is 2.35. The number of nitrogens with one attached hydrogen (secondary N) is 1. The van der Waals surface area contributed by atoms with E-state index in [-0.39, 0.29) is 11.3 Å². The fourth-order valence-electron chi connectivity index (χ4n) is 3.13. The topological polar surface area (TPSA) is 29.1 Å². The summed E-state index contributed by atoms with van der Waals surface area (Å²) in [6.07, 6.45) is 6.00. The molecule has 0 unspecified atom stereocenters. The van der Waals surface area contributed by atoms with Gasteiger partial charge < -0.3 is 5.32 Å². The number of rotatable bonds is 5. The van der Waals surface area contributed by atoms with Crippen molar-refractivity contribution in [3.63, 3.8) is 0 Å². The van der Waals surface area contributed by atoms with Gasteiger partial charge in [0.15, 0.2) is 0 Å². The van der Waals surface area contributed by atoms with E-state index in [9.17, 15) is 4.79 Å². The molecule has 1 saturated carbocycles. The quantitative estimate of drug-likeness (QED) is 0.809. The third kappa shape index (κ3) is 3.79. The van der Waals surface area contributed by atoms with E-state index < -0.39 is 5.41 Å². The summed E-state index contributed by atoms with van der Waals surface area (Å²) in [7, 11) is 0. The van der Waals surface area contributed by atoms with Crippen LogP contribution in [0.1, 0.15) is 51.5 Å². The Labute approximate surface area is 133 Å². The first-order valence-electron chi connectivity index (χ1n) is 7.90. The molecule has 3 heteroatoms. The average molecular weight is 308 g/mol. The summed E-state index contributed by atoms with van der Waals surface area (Å²) < 4.78 is 0. The number of carbonyl (C=O) groups is 1. The van der Waals surface area contributed by atoms with Crippen LogP contribution in [0.3, 0.4) is 0 Å². The van der Waals surface area contributed by atoms with Crippen molar-refractivity contribution in [1.82, 2.24) is 5.32 Å². The molecule has 116 valence electrons. The van der Waals surface area contributed by atoms with Gasteiger partial charge in [-0.15, -0.1) is 11.6 Å². The molecule has 0 heterocycles. The third-order valence-corrected chi connectivity index (χ3v) is 5.45. The van der Waals surface area contributed by atoms with Crippen molar-refractivity contribution in [1.29, 1.82) is 0 Å². The van der Waals surface area contributed by atoms with Crippen LogP contribution < -0.4 is 5.32 Å². The summed E-state index contributed by atoms with van der Waals surface area (Å²) in [5, 5.41) is 3.16. The van der Waals surface area contributed by atoms with E-state index in [0.29, 0.717) is 12.4 Å². The van der Waals surface area contributed by atoms with Crippen molar-refractivity contribution in [2.75, 3.05) is 12.4 Å². The van der Waals surface area contributed by atoms with Crippen LogP contribution in [-0.2, 0) is 10.2 Å². The zero-order valence-corrected chi connectivity index (χ0v) is 13.9. The largest absolute Gasteiger partial charge is 0.355 e. The lowest BCUT2D eigenvalue weighted by molar-refractivity contribution is -0.126. The Morgan fingerprint density at radius 2 is 1.81 bits per heavy atom. The van der Waals surface area contributed by atoms with Crippen molar-refractivity contribution in [2.24, 2.45) is 5.41 Å². The monoisotopic (exact) mass is 307 g/mol. The van der Waals surface area contributed by atoms with Gasteiger partial charge in [0.05, 0.1) is 5.41 Å². The maximum absolute atomic E-state index is 12.6. The van der Waals surface area contributed by atoms with E-state index in [1.807, 2.05) is 44.2 Å². The van der Waals surface area contributed by atoms with Gasteiger partial charge in [0, 0.05) is 17.8 Å². The van der Waals surface area contributed by atoms with Gasteiger partial charge in [-0.25, -0.2) is 0 Å². The average Bonchev–Trinajstić information content (AvgIpc) is 2.54. The molecule has 0 bridgehead atoms. The van der Waals surface area contributed by atoms with Crippen LogP contribution >= 0.6 is 11.6 Å². The standard InChI is InChI=1S/C18H26ClNO/c1-17(2,15-9-5-3-6-10-15)16(21)20-14-18(13-19)11-7-4-8-12-18/h3,5-6,9-10H,4,7-8,11-14H2,1-2H3,(H,20,21). The summed E-state index contributed by atoms with van der Waals surface area (Å²) in [6.45, 7) is 4.66. The molecule has 1 amide bonds. The van der Waals surface area contributed by atoms with Gasteiger partial charge in [-0.05, 0) is 32.3 Å². The molecule has 0 radical (unpaired) electrons. The Kier molecular flexibility index (Phi) is 5.32. The smallest absolute Gasteiger partial charge is 0.230 e. The first-order chi connectivity index (χ1) is 10.0. The van der Waals surface area contributed by atoms with Crippen molar-refractivity contribution >= 4 is 17.5 Å². The first kappa shape index (κ1) is 16.4. The third-order valence-electron chi connectivity index (χ3n) is 4.88. The molecular formula is C18H26ClNO. The molecule has 1 aromatic rings. The predicted octanol–water partition coefficient (Wildman–Crippen LogP) is 4.27. The Morgan fingerprint density at radius 1 is 1.19 bits per heavy atom. The SMILES string of the molecule is CC(C)(C(=O)NCC1(CCl)CCCCC1)c1ccccc1. The number of alkyl halides is 1. The summed E-state index contributed by atoms with van der Waals surface area (Å²) in [6, 6.07) is 9.95. The van der Waals surface area contributed by atoms with Gasteiger partial charge in [-0.1, -0.05) is 49.6 Å². The lowest BCUT2D eigenvalue weighted by atomic mass is 9.75. The number of hydrogen-bond donors (Lipinski definition) is 1. The lowest BCUT2D eigenvalue weighted by Crippen LogP contribution is -2.46. The van der Waals surface area contributed by atoms with Crippen LogP contribution in [0.5, 0.6) is 0 Å². The van der Waals surface area contributed by atoms with Crippen LogP contribution in [0.2, 0.25) is 0 Å². The number of hydrogen-bond acceptors (Lipinski definition) is 1. The van der Waals surface area contributed by atoms with E-state index in [1.165, 1.54) is 19.3 Å². The van der Waals surface area contributed by atoms with E-state index in [1.54, 1.807) is 0 Å². The number of amides is 1. The van der Waals surface area contributed by atoms with Crippen LogP contribution in [0, 0.1) is 5.41 Å². The predicted molar refractivity (Wildman–Crippen MR) is 88.7 cm³/mol. The summed E-state index contributed by atoms with van der Waals surface area (Å²) in [5.41, 5.74) is 0.636. The van der Waals surface area contributed by atoms with E-state index in [2.05, 4.69) is 5.32 Å². The zero-order valence-electron chi connectivity index (χ0n) is 13.1. The van der Waals surface area contributed by atoms with E-state index in [0.717, 1.165) is 18.4 Å². The van der Waals surface area contributed by atoms with Gasteiger partial charge >= 0.3 is 0 Å². The molecule has 1 aromatic carbocycles. The molecule has 1 aliphatic rings. The summed E-state index contributed by atoms with van der Waals surface area (Å²) in [4.78, 5) is 12.6. The van der Waals surface area contributed by atoms with Crippen molar-refractivity contribution < 1.29 is 4.79 Å². The molecule has 0 aromatic heterocycles. The normalized spacial score (nSPS) is 18.2. The minimum absolute atomic E-state index is 0.0868. The molecular weight excluding hydrogens is 282 g/mol. The Balaban J connectivity index is 2.00. The maximum atomic E-state index is 12.6. The Morgan fingerprint density at radius 3 is 2.38 bits per heavy atom. The Hall–Kier alpha value is -1.02. The van der Waals surface area contributed by atoms with Crippen LogP contribution in [0.25, 0.3) is 0 Å². The molecule has 21 heavy (non-hydrogen) atoms. The first-order valence-corrected chi connectivity index (χ1v) is 8.43. The van der Waals surface area contributed by atoms with Crippen molar-refractivity contribution in [3.05, 3.63) is 35.9 Å². The second-order valence-electron chi connectivity index (χ2n) is 6.87. The molecule has 0 spiro atoms. The molecule has 0 saturated heterocycles. The summed E-state index contributed by atoms with van der Waals surface area (Å²) in [5.74, 6) is 0.725. The second kappa shape index (κ2) is 6.83. The molecule has 1 N–H and O–H groups in total. The number of halogens is 1. The lowest BCUT2D eigenvalue weighted by Gasteiger charge is -2.36. The van der Waals surface area contributed by atoms with E-state index in [4.69, 9.17) is 11.6 Å². The fraction of sp³-hybridized carbons (Fsp3) is 0.611. The highest BCUT2D eigenvalue weighted by molar-refractivity contribution is 6.18. The van der Waals surface area contributed by atoms with Crippen molar-refractivity contribution in [3.8, 4) is 0 Å². The van der Waals surface area contributed by atoms with E-state index >= 15 is 0 Å². The zero-order chi connectivity index (χ0) is 15.3. The molecule has 1 fully saturated rings. The Bertz CT molecular complexity index is 463. The van der Waals surface area contributed by atoms with Gasteiger partial charge in [0.2, 0.25) is 5.91 Å². The minimum atomic E-state index is -0.510. The molecule has 1 aliphatic carbocycles. The molecule has 2 nitrogen and oxygen atoms in total. The molecule has 2 rings (SSSR count). The highest BCUT2D eigenvalue weighted by Crippen LogP contribution is 2.37. The van der Waals surface area contributed by atoms with Gasteiger partial charge in [-0.2, -0.15) is 0 Å². The van der Waals surface area contributed by atoms with Gasteiger partial charge in [-0.3, -0.25) is 4.79 Å². The van der Waals surface area contributed by atoms with Crippen LogP contribution in [0.15, 0.2) is 30.3 Å². The number of carbonyl (C=O) groups excluding carboxylic acids is 1. The fourth-order valence-corrected chi connectivity index (χ4v) is 3.50. The number of benzene rings is 1. The van der Waals surface area contributed by atoms with Gasteiger partial charge in [0.25, 0.3) is 0 Å². The second-order valence-corrected chi connectivity index (χ2v) is 7.14. The minimum Gasteiger partial charge on any atom is -0.355 e. The van der Waals surface area contributed by atoms with Crippen molar-refractivity contribution in [2.45, 2.75) is 51.4 Å². The maximum Gasteiger partial charge on any atom is 0.230 e. The highest BCUT2D eigenvalue weighted by atomic mass is 35.5. The molecule has 0 atom stereocenters. The van der Waals surface area contributed by atoms with Crippen LogP contribution in [-0.4, -0.2) is 18.3 Å². The molecule has 0 aliphatic heterocycles. The summed E-state index contributed by atoms with van der Waals surface area (Å²) >= 11 is 6.20. The van der Waals surface area contributed by atoms with Crippen LogP contribution in [0.4, 0.5) is 0 Å².